The molecule has 0 bridgehead atoms. The molecule has 2 aromatic heterocycles. The van der Waals surface area contributed by atoms with Crippen LogP contribution in [0.5, 0.6) is 0 Å². The minimum atomic E-state index is -0.555. The second-order valence-corrected chi connectivity index (χ2v) is 5.87. The summed E-state index contributed by atoms with van der Waals surface area (Å²) in [6, 6.07) is 8.13. The number of hydrogen-bond donors (Lipinski definition) is 3. The summed E-state index contributed by atoms with van der Waals surface area (Å²) < 4.78 is 1.26. The van der Waals surface area contributed by atoms with Crippen molar-refractivity contribution in [2.45, 2.75) is 26.3 Å². The van der Waals surface area contributed by atoms with Gasteiger partial charge in [-0.3, -0.25) is 19.4 Å². The maximum Gasteiger partial charge on any atom is 0.328 e. The minimum absolute atomic E-state index is 0.0650. The zero-order valence-corrected chi connectivity index (χ0v) is 14.2. The molecule has 0 aliphatic heterocycles. The third kappa shape index (κ3) is 3.80. The molecule has 26 heavy (non-hydrogen) atoms. The lowest BCUT2D eigenvalue weighted by Gasteiger charge is -2.09. The van der Waals surface area contributed by atoms with E-state index in [2.05, 4.69) is 15.3 Å². The first-order valence-electron chi connectivity index (χ1n) is 8.22. The molecular formula is C18H18N4O4. The lowest BCUT2D eigenvalue weighted by Crippen LogP contribution is -2.29. The molecule has 0 atom stereocenters. The van der Waals surface area contributed by atoms with Gasteiger partial charge in [-0.25, -0.2) is 4.79 Å². The van der Waals surface area contributed by atoms with Crippen LogP contribution in [0, 0.1) is 0 Å². The molecule has 0 spiro atoms. The van der Waals surface area contributed by atoms with Gasteiger partial charge in [-0.1, -0.05) is 13.0 Å². The molecule has 1 amide bonds. The van der Waals surface area contributed by atoms with Crippen LogP contribution in [-0.2, 0) is 17.8 Å². The number of pyridine rings is 1. The second-order valence-electron chi connectivity index (χ2n) is 5.87. The number of carbonyl (C=O) groups is 1. The Morgan fingerprint density at radius 1 is 1.08 bits per heavy atom. The van der Waals surface area contributed by atoms with Crippen molar-refractivity contribution in [1.82, 2.24) is 14.5 Å². The van der Waals surface area contributed by atoms with E-state index in [1.54, 1.807) is 18.2 Å². The number of rotatable bonds is 5. The first-order valence-corrected chi connectivity index (χ1v) is 8.22. The van der Waals surface area contributed by atoms with Crippen molar-refractivity contribution >= 4 is 22.5 Å². The van der Waals surface area contributed by atoms with Crippen LogP contribution in [0.25, 0.3) is 10.9 Å². The van der Waals surface area contributed by atoms with Crippen molar-refractivity contribution in [3.05, 3.63) is 73.3 Å². The molecule has 0 fully saturated rings. The SMILES string of the molecule is CCc1cc(=O)[nH]c2cc(NC(=O)CCn3ccc(=O)[nH]c3=O)ccc12. The first-order chi connectivity index (χ1) is 12.5. The Hall–Kier alpha value is -3.42. The predicted octanol–water partition coefficient (Wildman–Crippen LogP) is 0.969. The summed E-state index contributed by atoms with van der Waals surface area (Å²) in [4.78, 5) is 51.3. The number of hydrogen-bond acceptors (Lipinski definition) is 4. The number of nitrogens with one attached hydrogen (secondary N) is 3. The van der Waals surface area contributed by atoms with Crippen molar-refractivity contribution < 1.29 is 4.79 Å². The van der Waals surface area contributed by atoms with Crippen LogP contribution >= 0.6 is 0 Å². The summed E-state index contributed by atoms with van der Waals surface area (Å²) in [6.07, 6.45) is 2.15. The smallest absolute Gasteiger partial charge is 0.326 e. The number of aromatic nitrogens is 3. The van der Waals surface area contributed by atoms with E-state index in [1.165, 1.54) is 16.8 Å². The van der Waals surface area contributed by atoms with Gasteiger partial charge in [-0.2, -0.15) is 0 Å². The number of H-pyrrole nitrogens is 2. The molecule has 1 aromatic carbocycles. The number of nitrogens with zero attached hydrogens (tertiary/aromatic N) is 1. The van der Waals surface area contributed by atoms with Crippen LogP contribution in [0.1, 0.15) is 18.9 Å². The van der Waals surface area contributed by atoms with E-state index in [0.717, 1.165) is 17.4 Å². The number of carbonyl (C=O) groups excluding carboxylic acids is 1. The molecule has 8 heteroatoms. The summed E-state index contributed by atoms with van der Waals surface area (Å²) in [7, 11) is 0. The number of anilines is 1. The molecule has 8 nitrogen and oxygen atoms in total. The van der Waals surface area contributed by atoms with E-state index < -0.39 is 11.2 Å². The zero-order valence-electron chi connectivity index (χ0n) is 14.2. The highest BCUT2D eigenvalue weighted by Crippen LogP contribution is 2.20. The first kappa shape index (κ1) is 17.4. The van der Waals surface area contributed by atoms with Gasteiger partial charge in [0, 0.05) is 42.4 Å². The van der Waals surface area contributed by atoms with Crippen molar-refractivity contribution in [3.63, 3.8) is 0 Å². The van der Waals surface area contributed by atoms with Crippen LogP contribution in [-0.4, -0.2) is 20.4 Å². The summed E-state index contributed by atoms with van der Waals surface area (Å²) >= 11 is 0. The molecule has 0 aliphatic rings. The highest BCUT2D eigenvalue weighted by atomic mass is 16.2. The van der Waals surface area contributed by atoms with Crippen LogP contribution < -0.4 is 22.1 Å². The fourth-order valence-electron chi connectivity index (χ4n) is 2.77. The van der Waals surface area contributed by atoms with E-state index >= 15 is 0 Å². The topological polar surface area (TPSA) is 117 Å². The maximum absolute atomic E-state index is 12.1. The molecule has 3 rings (SSSR count). The van der Waals surface area contributed by atoms with Crippen molar-refractivity contribution in [2.75, 3.05) is 5.32 Å². The number of aryl methyl sites for hydroxylation is 2. The van der Waals surface area contributed by atoms with Gasteiger partial charge in [0.15, 0.2) is 0 Å². The van der Waals surface area contributed by atoms with E-state index in [1.807, 2.05) is 13.0 Å². The second kappa shape index (κ2) is 7.22. The highest BCUT2D eigenvalue weighted by Gasteiger charge is 2.07. The van der Waals surface area contributed by atoms with Gasteiger partial charge in [0.1, 0.15) is 0 Å². The Kier molecular flexibility index (Phi) is 4.83. The molecule has 0 aliphatic carbocycles. The molecular weight excluding hydrogens is 336 g/mol. The fourth-order valence-corrected chi connectivity index (χ4v) is 2.77. The summed E-state index contributed by atoms with van der Waals surface area (Å²) in [5.74, 6) is -0.281. The molecule has 3 aromatic rings. The van der Waals surface area contributed by atoms with Crippen molar-refractivity contribution in [1.29, 1.82) is 0 Å². The average molecular weight is 354 g/mol. The van der Waals surface area contributed by atoms with Crippen LogP contribution in [0.15, 0.2) is 50.9 Å². The van der Waals surface area contributed by atoms with E-state index in [9.17, 15) is 19.2 Å². The number of aromatic amines is 2. The van der Waals surface area contributed by atoms with Crippen molar-refractivity contribution in [2.24, 2.45) is 0 Å². The quantitative estimate of drug-likeness (QED) is 0.633. The fraction of sp³-hybridized carbons (Fsp3) is 0.222. The number of amides is 1. The van der Waals surface area contributed by atoms with Gasteiger partial charge < -0.3 is 14.9 Å². The van der Waals surface area contributed by atoms with E-state index in [0.29, 0.717) is 11.2 Å². The van der Waals surface area contributed by atoms with Gasteiger partial charge in [0.25, 0.3) is 5.56 Å². The molecule has 2 heterocycles. The Labute approximate surface area is 147 Å². The molecule has 0 saturated carbocycles. The predicted molar refractivity (Wildman–Crippen MR) is 98.5 cm³/mol. The number of benzene rings is 1. The molecule has 3 N–H and O–H groups in total. The van der Waals surface area contributed by atoms with Gasteiger partial charge in [-0.15, -0.1) is 0 Å². The Balaban J connectivity index is 1.74. The van der Waals surface area contributed by atoms with Gasteiger partial charge in [0.05, 0.1) is 5.52 Å². The Morgan fingerprint density at radius 3 is 2.62 bits per heavy atom. The van der Waals surface area contributed by atoms with Crippen LogP contribution in [0.4, 0.5) is 5.69 Å². The van der Waals surface area contributed by atoms with Gasteiger partial charge in [-0.05, 0) is 24.1 Å². The third-order valence-electron chi connectivity index (χ3n) is 4.07. The van der Waals surface area contributed by atoms with Gasteiger partial charge in [0.2, 0.25) is 11.5 Å². The average Bonchev–Trinajstić information content (AvgIpc) is 2.59. The van der Waals surface area contributed by atoms with Crippen molar-refractivity contribution in [3.8, 4) is 0 Å². The lowest BCUT2D eigenvalue weighted by atomic mass is 10.1. The van der Waals surface area contributed by atoms with E-state index in [4.69, 9.17) is 0 Å². The Bertz CT molecular complexity index is 1140. The Morgan fingerprint density at radius 2 is 1.88 bits per heavy atom. The molecule has 0 saturated heterocycles. The highest BCUT2D eigenvalue weighted by molar-refractivity contribution is 5.94. The van der Waals surface area contributed by atoms with Crippen LogP contribution in [0.3, 0.4) is 0 Å². The molecule has 0 radical (unpaired) electrons. The largest absolute Gasteiger partial charge is 0.328 e. The monoisotopic (exact) mass is 354 g/mol. The molecule has 134 valence electrons. The standard InChI is InChI=1S/C18H18N4O4/c1-2-11-9-17(25)20-14-10-12(3-4-13(11)14)19-15(23)5-7-22-8-6-16(24)21-18(22)26/h3-4,6,8-10H,2,5,7H2,1H3,(H,19,23)(H,20,25)(H,21,24,26). The summed E-state index contributed by atoms with van der Waals surface area (Å²) in [5.41, 5.74) is 0.937. The minimum Gasteiger partial charge on any atom is -0.326 e. The third-order valence-corrected chi connectivity index (χ3v) is 4.07. The normalized spacial score (nSPS) is 10.8. The van der Waals surface area contributed by atoms with Crippen LogP contribution in [0.2, 0.25) is 0 Å². The van der Waals surface area contributed by atoms with Gasteiger partial charge >= 0.3 is 5.69 Å². The summed E-state index contributed by atoms with van der Waals surface area (Å²) in [5, 5.41) is 3.68. The summed E-state index contributed by atoms with van der Waals surface area (Å²) in [6.45, 7) is 2.12. The number of fused-ring (bicyclic) bond motifs is 1. The van der Waals surface area contributed by atoms with E-state index in [-0.39, 0.29) is 24.4 Å². The molecule has 0 unspecified atom stereocenters. The maximum atomic E-state index is 12.1. The zero-order chi connectivity index (χ0) is 18.7. The lowest BCUT2D eigenvalue weighted by molar-refractivity contribution is -0.116.